The number of ether oxygens (including phenoxy) is 3. The van der Waals surface area contributed by atoms with Crippen molar-refractivity contribution >= 4 is 11.9 Å². The number of ketones is 1. The Morgan fingerprint density at radius 3 is 2.14 bits per heavy atom. The van der Waals surface area contributed by atoms with Gasteiger partial charge in [-0.2, -0.15) is 0 Å². The van der Waals surface area contributed by atoms with Gasteiger partial charge in [0.15, 0.2) is 17.3 Å². The number of allylic oxidation sites excluding steroid dienone is 1. The first-order chi connectivity index (χ1) is 10.7. The minimum Gasteiger partial charge on any atom is -0.493 e. The molecule has 0 bridgehead atoms. The van der Waals surface area contributed by atoms with Gasteiger partial charge in [-0.1, -0.05) is 30.3 Å². The summed E-state index contributed by atoms with van der Waals surface area (Å²) in [6, 6.07) is 12.7. The number of carbonyl (C=O) groups is 1. The average molecular weight is 298 g/mol. The summed E-state index contributed by atoms with van der Waals surface area (Å²) in [5.41, 5.74) is 1.38. The fourth-order valence-electron chi connectivity index (χ4n) is 2.12. The van der Waals surface area contributed by atoms with E-state index in [0.717, 1.165) is 5.56 Å². The summed E-state index contributed by atoms with van der Waals surface area (Å²) in [6.07, 6.45) is 3.22. The molecular formula is C18H18O4. The molecule has 0 aliphatic carbocycles. The van der Waals surface area contributed by atoms with Gasteiger partial charge in [0.1, 0.15) is 0 Å². The Hall–Kier alpha value is -2.75. The molecule has 0 amide bonds. The highest BCUT2D eigenvalue weighted by Gasteiger charge is 2.14. The van der Waals surface area contributed by atoms with E-state index in [9.17, 15) is 4.79 Å². The first-order valence-corrected chi connectivity index (χ1v) is 6.77. The molecule has 0 fully saturated rings. The van der Waals surface area contributed by atoms with Crippen molar-refractivity contribution in [2.45, 2.75) is 0 Å². The van der Waals surface area contributed by atoms with Gasteiger partial charge in [-0.3, -0.25) is 4.79 Å². The van der Waals surface area contributed by atoms with Gasteiger partial charge in [-0.15, -0.1) is 0 Å². The Balaban J connectivity index is 2.33. The zero-order valence-electron chi connectivity index (χ0n) is 12.8. The monoisotopic (exact) mass is 298 g/mol. The third-order valence-electron chi connectivity index (χ3n) is 3.21. The van der Waals surface area contributed by atoms with Crippen LogP contribution in [0.15, 0.2) is 48.5 Å². The van der Waals surface area contributed by atoms with Gasteiger partial charge in [0.2, 0.25) is 5.75 Å². The molecule has 0 spiro atoms. The van der Waals surface area contributed by atoms with Crippen LogP contribution in [-0.4, -0.2) is 27.1 Å². The number of hydrogen-bond donors (Lipinski definition) is 0. The Morgan fingerprint density at radius 2 is 1.55 bits per heavy atom. The molecule has 0 aliphatic heterocycles. The number of methoxy groups -OCH3 is 3. The molecule has 2 aromatic rings. The number of benzene rings is 2. The molecule has 0 aromatic heterocycles. The third-order valence-corrected chi connectivity index (χ3v) is 3.21. The molecule has 4 heteroatoms. The largest absolute Gasteiger partial charge is 0.493 e. The average Bonchev–Trinajstić information content (AvgIpc) is 2.59. The number of rotatable bonds is 6. The van der Waals surface area contributed by atoms with E-state index in [-0.39, 0.29) is 5.78 Å². The second kappa shape index (κ2) is 7.31. The lowest BCUT2D eigenvalue weighted by molar-refractivity contribution is 0.104. The molecule has 0 aliphatic rings. The first-order valence-electron chi connectivity index (χ1n) is 6.77. The summed E-state index contributed by atoms with van der Waals surface area (Å²) >= 11 is 0. The van der Waals surface area contributed by atoms with Crippen LogP contribution in [0.2, 0.25) is 0 Å². The highest BCUT2D eigenvalue weighted by molar-refractivity contribution is 6.07. The molecule has 0 saturated heterocycles. The molecule has 0 atom stereocenters. The first kappa shape index (κ1) is 15.6. The van der Waals surface area contributed by atoms with Crippen LogP contribution >= 0.6 is 0 Å². The quantitative estimate of drug-likeness (QED) is 0.603. The van der Waals surface area contributed by atoms with Gasteiger partial charge >= 0.3 is 0 Å². The van der Waals surface area contributed by atoms with E-state index in [1.807, 2.05) is 24.3 Å². The van der Waals surface area contributed by atoms with Crippen molar-refractivity contribution in [3.8, 4) is 17.2 Å². The minimum absolute atomic E-state index is 0.0718. The van der Waals surface area contributed by atoms with E-state index >= 15 is 0 Å². The predicted molar refractivity (Wildman–Crippen MR) is 85.9 cm³/mol. The molecule has 0 unspecified atom stereocenters. The zero-order chi connectivity index (χ0) is 15.9. The molecule has 2 rings (SSSR count). The maximum absolute atomic E-state index is 12.1. The van der Waals surface area contributed by atoms with Gasteiger partial charge in [0.25, 0.3) is 0 Å². The van der Waals surface area contributed by atoms with E-state index in [1.54, 1.807) is 45.6 Å². The van der Waals surface area contributed by atoms with Gasteiger partial charge < -0.3 is 14.2 Å². The van der Waals surface area contributed by atoms with Crippen LogP contribution in [0.4, 0.5) is 0 Å². The fourth-order valence-corrected chi connectivity index (χ4v) is 2.12. The van der Waals surface area contributed by atoms with Crippen molar-refractivity contribution in [3.05, 3.63) is 59.7 Å². The lowest BCUT2D eigenvalue weighted by atomic mass is 10.1. The maximum atomic E-state index is 12.1. The van der Waals surface area contributed by atoms with Crippen molar-refractivity contribution in [2.75, 3.05) is 21.3 Å². The van der Waals surface area contributed by atoms with Gasteiger partial charge in [0.05, 0.1) is 21.3 Å². The highest BCUT2D eigenvalue weighted by atomic mass is 16.5. The van der Waals surface area contributed by atoms with E-state index in [2.05, 4.69) is 0 Å². The lowest BCUT2D eigenvalue weighted by Crippen LogP contribution is -1.97. The van der Waals surface area contributed by atoms with Crippen molar-refractivity contribution in [3.63, 3.8) is 0 Å². The highest BCUT2D eigenvalue weighted by Crippen LogP contribution is 2.40. The third kappa shape index (κ3) is 3.28. The van der Waals surface area contributed by atoms with Crippen molar-refractivity contribution in [2.24, 2.45) is 0 Å². The maximum Gasteiger partial charge on any atom is 0.203 e. The van der Waals surface area contributed by atoms with Crippen LogP contribution in [0.25, 0.3) is 6.08 Å². The van der Waals surface area contributed by atoms with E-state index in [4.69, 9.17) is 14.2 Å². The molecule has 0 saturated carbocycles. The predicted octanol–water partition coefficient (Wildman–Crippen LogP) is 3.61. The number of carbonyl (C=O) groups excluding carboxylic acids is 1. The lowest BCUT2D eigenvalue weighted by Gasteiger charge is -2.13. The molecule has 0 heterocycles. The molecule has 2 aromatic carbocycles. The Labute approximate surface area is 129 Å². The standard InChI is InChI=1S/C18H18O4/c1-20-16-12-10-14(17(21-2)18(16)22-3)9-11-15(19)13-7-5-4-6-8-13/h4-12H,1-3H3. The summed E-state index contributed by atoms with van der Waals surface area (Å²) < 4.78 is 15.9. The molecule has 114 valence electrons. The smallest absolute Gasteiger partial charge is 0.203 e. The summed E-state index contributed by atoms with van der Waals surface area (Å²) in [6.45, 7) is 0. The van der Waals surface area contributed by atoms with Crippen molar-refractivity contribution in [1.29, 1.82) is 0 Å². The van der Waals surface area contributed by atoms with Gasteiger partial charge in [0, 0.05) is 11.1 Å². The molecular weight excluding hydrogens is 280 g/mol. The molecule has 4 nitrogen and oxygen atoms in total. The number of hydrogen-bond acceptors (Lipinski definition) is 4. The van der Waals surface area contributed by atoms with E-state index in [0.29, 0.717) is 22.8 Å². The molecule has 0 N–H and O–H groups in total. The van der Waals surface area contributed by atoms with E-state index in [1.165, 1.54) is 6.08 Å². The summed E-state index contributed by atoms with van der Waals surface area (Å²) in [5.74, 6) is 1.53. The van der Waals surface area contributed by atoms with Crippen LogP contribution in [0.1, 0.15) is 15.9 Å². The van der Waals surface area contributed by atoms with Crippen molar-refractivity contribution < 1.29 is 19.0 Å². The Kier molecular flexibility index (Phi) is 5.20. The Morgan fingerprint density at radius 1 is 0.864 bits per heavy atom. The summed E-state index contributed by atoms with van der Waals surface area (Å²) in [5, 5.41) is 0. The second-order valence-electron chi connectivity index (χ2n) is 4.49. The van der Waals surface area contributed by atoms with Crippen LogP contribution in [0.3, 0.4) is 0 Å². The SMILES string of the molecule is COc1ccc(C=CC(=O)c2ccccc2)c(OC)c1OC. The second-order valence-corrected chi connectivity index (χ2v) is 4.49. The summed E-state index contributed by atoms with van der Waals surface area (Å²) in [7, 11) is 4.66. The van der Waals surface area contributed by atoms with Crippen molar-refractivity contribution in [1.82, 2.24) is 0 Å². The van der Waals surface area contributed by atoms with Gasteiger partial charge in [-0.05, 0) is 24.3 Å². The zero-order valence-corrected chi connectivity index (χ0v) is 12.8. The summed E-state index contributed by atoms with van der Waals surface area (Å²) in [4.78, 5) is 12.1. The Bertz CT molecular complexity index is 675. The van der Waals surface area contributed by atoms with E-state index < -0.39 is 0 Å². The minimum atomic E-state index is -0.0718. The van der Waals surface area contributed by atoms with Gasteiger partial charge in [-0.25, -0.2) is 0 Å². The normalized spacial score (nSPS) is 10.5. The topological polar surface area (TPSA) is 44.8 Å². The van der Waals surface area contributed by atoms with Crippen LogP contribution in [-0.2, 0) is 0 Å². The van der Waals surface area contributed by atoms with Crippen LogP contribution in [0.5, 0.6) is 17.2 Å². The molecule has 22 heavy (non-hydrogen) atoms. The van der Waals surface area contributed by atoms with Crippen LogP contribution in [0, 0.1) is 0 Å². The molecule has 0 radical (unpaired) electrons. The van der Waals surface area contributed by atoms with Crippen LogP contribution < -0.4 is 14.2 Å². The fraction of sp³-hybridized carbons (Fsp3) is 0.167.